The van der Waals surface area contributed by atoms with Crippen LogP contribution in [0.3, 0.4) is 0 Å². The molecule has 1 aromatic carbocycles. The molecule has 1 saturated heterocycles. The number of carbonyl (C=O) groups is 1. The van der Waals surface area contributed by atoms with Gasteiger partial charge in [-0.25, -0.2) is 8.42 Å². The van der Waals surface area contributed by atoms with Crippen molar-refractivity contribution in [1.29, 1.82) is 0 Å². The van der Waals surface area contributed by atoms with Crippen molar-refractivity contribution in [3.63, 3.8) is 0 Å². The second kappa shape index (κ2) is 9.43. The zero-order valence-electron chi connectivity index (χ0n) is 19.2. The van der Waals surface area contributed by atoms with Crippen molar-refractivity contribution in [2.24, 2.45) is 23.3 Å². The molecule has 2 aromatic rings. The zero-order chi connectivity index (χ0) is 25.5. The molecular formula is C22H29F3N6O3S. The highest BCUT2D eigenvalue weighted by Crippen LogP contribution is 2.38. The summed E-state index contributed by atoms with van der Waals surface area (Å²) in [7, 11) is -5.46. The number of benzene rings is 1. The van der Waals surface area contributed by atoms with Crippen LogP contribution < -0.4 is 16.8 Å². The van der Waals surface area contributed by atoms with Gasteiger partial charge in [-0.1, -0.05) is 6.92 Å². The molecule has 192 valence electrons. The van der Waals surface area contributed by atoms with Gasteiger partial charge in [0.25, 0.3) is 15.7 Å². The Bertz CT molecular complexity index is 1180. The summed E-state index contributed by atoms with van der Waals surface area (Å²) in [5.74, 6) is 0.288. The van der Waals surface area contributed by atoms with Gasteiger partial charge in [0, 0.05) is 31.0 Å². The molecule has 9 nitrogen and oxygen atoms in total. The van der Waals surface area contributed by atoms with Crippen LogP contribution in [0.25, 0.3) is 0 Å². The Morgan fingerprint density at radius 2 is 1.86 bits per heavy atom. The molecule has 4 rings (SSSR count). The van der Waals surface area contributed by atoms with E-state index in [0.29, 0.717) is 18.5 Å². The number of hydrogen-bond acceptors (Lipinski definition) is 7. The Morgan fingerprint density at radius 1 is 1.20 bits per heavy atom. The highest BCUT2D eigenvalue weighted by molar-refractivity contribution is 7.92. The van der Waals surface area contributed by atoms with Gasteiger partial charge in [-0.2, -0.15) is 18.3 Å². The standard InChI is InChI=1S/C22H29F3N6O3S/c1-13-10-30(11-13)16-4-7-19(14(8-16)9-26)31-12-18(20(27)32)21(29-31)28-15-2-5-17(6-3-15)35(33,34)22(23,24)25/h2-3,5-6,12-14,16,19H,4,7-11,26H2,1H3,(H2,27,32)(H,28,29)/t14-,16+,19+/m1/s1. The summed E-state index contributed by atoms with van der Waals surface area (Å²) in [6.45, 7) is 4.89. The molecule has 1 aromatic heterocycles. The number of hydrogen-bond donors (Lipinski definition) is 3. The van der Waals surface area contributed by atoms with Crippen LogP contribution in [0.15, 0.2) is 35.4 Å². The number of anilines is 2. The molecule has 0 radical (unpaired) electrons. The van der Waals surface area contributed by atoms with Gasteiger partial charge in [-0.05, 0) is 61.9 Å². The van der Waals surface area contributed by atoms with Gasteiger partial charge < -0.3 is 16.8 Å². The molecule has 0 bridgehead atoms. The van der Waals surface area contributed by atoms with E-state index in [0.717, 1.165) is 44.5 Å². The van der Waals surface area contributed by atoms with Crippen LogP contribution in [-0.4, -0.2) is 60.2 Å². The van der Waals surface area contributed by atoms with E-state index >= 15 is 0 Å². The van der Waals surface area contributed by atoms with Crippen molar-refractivity contribution in [1.82, 2.24) is 14.7 Å². The Morgan fingerprint density at radius 3 is 2.40 bits per heavy atom. The van der Waals surface area contributed by atoms with Crippen LogP contribution in [0.4, 0.5) is 24.7 Å². The Balaban J connectivity index is 1.53. The Hall–Kier alpha value is -2.64. The number of alkyl halides is 3. The number of primary amides is 1. The van der Waals surface area contributed by atoms with E-state index in [1.165, 1.54) is 12.1 Å². The van der Waals surface area contributed by atoms with Crippen LogP contribution in [-0.2, 0) is 9.84 Å². The average Bonchev–Trinajstić information content (AvgIpc) is 3.20. The second-order valence-electron chi connectivity index (χ2n) is 9.42. The minimum absolute atomic E-state index is 0.0251. The lowest BCUT2D eigenvalue weighted by atomic mass is 9.79. The molecule has 2 heterocycles. The van der Waals surface area contributed by atoms with E-state index < -0.39 is 26.1 Å². The maximum atomic E-state index is 12.8. The molecule has 0 unspecified atom stereocenters. The first-order valence-electron chi connectivity index (χ1n) is 11.4. The monoisotopic (exact) mass is 514 g/mol. The van der Waals surface area contributed by atoms with Crippen LogP contribution in [0, 0.1) is 11.8 Å². The lowest BCUT2D eigenvalue weighted by Crippen LogP contribution is -2.53. The Kier molecular flexibility index (Phi) is 6.86. The first kappa shape index (κ1) is 25.5. The van der Waals surface area contributed by atoms with E-state index in [2.05, 4.69) is 22.2 Å². The largest absolute Gasteiger partial charge is 0.501 e. The lowest BCUT2D eigenvalue weighted by molar-refractivity contribution is -0.0436. The number of nitrogens with two attached hydrogens (primary N) is 2. The van der Waals surface area contributed by atoms with E-state index in [1.54, 1.807) is 10.9 Å². The van der Waals surface area contributed by atoms with Gasteiger partial charge in [0.1, 0.15) is 5.56 Å². The fourth-order valence-corrected chi connectivity index (χ4v) is 5.79. The summed E-state index contributed by atoms with van der Waals surface area (Å²) in [6.07, 6.45) is 4.31. The predicted molar refractivity (Wildman–Crippen MR) is 124 cm³/mol. The topological polar surface area (TPSA) is 136 Å². The van der Waals surface area contributed by atoms with Crippen molar-refractivity contribution in [3.8, 4) is 0 Å². The number of rotatable bonds is 7. The first-order chi connectivity index (χ1) is 16.4. The van der Waals surface area contributed by atoms with Crippen molar-refractivity contribution in [2.45, 2.75) is 48.7 Å². The molecular weight excluding hydrogens is 485 g/mol. The predicted octanol–water partition coefficient (Wildman–Crippen LogP) is 2.64. The van der Waals surface area contributed by atoms with Gasteiger partial charge in [0.15, 0.2) is 5.82 Å². The molecule has 3 atom stereocenters. The molecule has 1 saturated carbocycles. The number of halogens is 3. The van der Waals surface area contributed by atoms with Gasteiger partial charge in [0.2, 0.25) is 0 Å². The first-order valence-corrected chi connectivity index (χ1v) is 12.9. The van der Waals surface area contributed by atoms with Crippen molar-refractivity contribution in [2.75, 3.05) is 25.0 Å². The van der Waals surface area contributed by atoms with Crippen LogP contribution >= 0.6 is 0 Å². The molecule has 2 fully saturated rings. The van der Waals surface area contributed by atoms with Crippen LogP contribution in [0.2, 0.25) is 0 Å². The summed E-state index contributed by atoms with van der Waals surface area (Å²) in [4.78, 5) is 13.7. The summed E-state index contributed by atoms with van der Waals surface area (Å²) in [5, 5.41) is 7.38. The number of carbonyl (C=O) groups excluding carboxylic acids is 1. The molecule has 1 amide bonds. The summed E-state index contributed by atoms with van der Waals surface area (Å²) in [5.41, 5.74) is 6.61. The normalized spacial score (nSPS) is 24.2. The lowest BCUT2D eigenvalue weighted by Gasteiger charge is -2.47. The number of nitrogens with one attached hydrogen (secondary N) is 1. The van der Waals surface area contributed by atoms with E-state index in [9.17, 15) is 26.4 Å². The fourth-order valence-electron chi connectivity index (χ4n) is 5.02. The molecule has 1 aliphatic heterocycles. The molecule has 1 aliphatic carbocycles. The fraction of sp³-hybridized carbons (Fsp3) is 0.545. The minimum atomic E-state index is -5.46. The van der Waals surface area contributed by atoms with Gasteiger partial charge in [-0.15, -0.1) is 0 Å². The van der Waals surface area contributed by atoms with Crippen molar-refractivity contribution in [3.05, 3.63) is 36.0 Å². The number of amides is 1. The maximum Gasteiger partial charge on any atom is 0.501 e. The van der Waals surface area contributed by atoms with Gasteiger partial charge >= 0.3 is 5.51 Å². The van der Waals surface area contributed by atoms with Crippen molar-refractivity contribution < 1.29 is 26.4 Å². The molecule has 2 aliphatic rings. The number of nitrogens with zero attached hydrogens (tertiary/aromatic N) is 3. The van der Waals surface area contributed by atoms with E-state index in [1.807, 2.05) is 0 Å². The molecule has 5 N–H and O–H groups in total. The average molecular weight is 515 g/mol. The van der Waals surface area contributed by atoms with Crippen LogP contribution in [0.5, 0.6) is 0 Å². The third kappa shape index (κ3) is 5.02. The van der Waals surface area contributed by atoms with Gasteiger partial charge in [0.05, 0.1) is 10.9 Å². The van der Waals surface area contributed by atoms with Crippen LogP contribution in [0.1, 0.15) is 42.6 Å². The highest BCUT2D eigenvalue weighted by Gasteiger charge is 2.46. The third-order valence-corrected chi connectivity index (χ3v) is 8.40. The van der Waals surface area contributed by atoms with Crippen molar-refractivity contribution >= 4 is 27.2 Å². The second-order valence-corrected chi connectivity index (χ2v) is 11.4. The number of sulfone groups is 1. The smallest absolute Gasteiger partial charge is 0.365 e. The molecule has 0 spiro atoms. The van der Waals surface area contributed by atoms with E-state index in [-0.39, 0.29) is 29.0 Å². The molecule has 35 heavy (non-hydrogen) atoms. The SMILES string of the molecule is CC1CN([C@H]2CC[C@H](n3cc(C(N)=O)c(Nc4ccc(S(=O)(=O)C(F)(F)F)cc4)n3)[C@@H](CN)C2)C1. The number of aromatic nitrogens is 2. The minimum Gasteiger partial charge on any atom is -0.365 e. The highest BCUT2D eigenvalue weighted by atomic mass is 32.2. The van der Waals surface area contributed by atoms with Gasteiger partial charge in [-0.3, -0.25) is 14.4 Å². The summed E-state index contributed by atoms with van der Waals surface area (Å²) in [6, 6.07) is 4.48. The summed E-state index contributed by atoms with van der Waals surface area (Å²) < 4.78 is 63.2. The Labute approximate surface area is 201 Å². The molecule has 13 heteroatoms. The zero-order valence-corrected chi connectivity index (χ0v) is 20.0. The third-order valence-electron chi connectivity index (χ3n) is 6.90. The maximum absolute atomic E-state index is 12.8. The van der Waals surface area contributed by atoms with E-state index in [4.69, 9.17) is 11.5 Å². The number of likely N-dealkylation sites (tertiary alicyclic amines) is 1. The quantitative estimate of drug-likeness (QED) is 0.517. The summed E-state index contributed by atoms with van der Waals surface area (Å²) >= 11 is 0.